The number of fused-ring (bicyclic) bond motifs is 2. The number of allylic oxidation sites excluding steroid dienone is 1. The van der Waals surface area contributed by atoms with Crippen LogP contribution in [0.4, 0.5) is 0 Å². The number of nitrogens with one attached hydrogen (secondary N) is 4. The number of aliphatic hydroxyl groups excluding tert-OH is 1. The van der Waals surface area contributed by atoms with E-state index in [2.05, 4.69) is 35.1 Å². The smallest absolute Gasteiger partial charge is 0.350 e. The van der Waals surface area contributed by atoms with Crippen molar-refractivity contribution in [3.05, 3.63) is 11.1 Å². The number of hydrogen-bond acceptors (Lipinski definition) is 10. The minimum atomic E-state index is -1.89. The summed E-state index contributed by atoms with van der Waals surface area (Å²) in [6.45, 7) is 8.83. The maximum absolute atomic E-state index is 14.3. The van der Waals surface area contributed by atoms with Crippen molar-refractivity contribution < 1.29 is 29.0 Å². The van der Waals surface area contributed by atoms with Crippen LogP contribution in [0.25, 0.3) is 0 Å². The molecule has 5 aliphatic rings. The first-order valence-electron chi connectivity index (χ1n) is 18.3. The Hall–Kier alpha value is -1.69. The van der Waals surface area contributed by atoms with Crippen molar-refractivity contribution in [2.75, 3.05) is 40.0 Å². The average molecular weight is 645 g/mol. The highest BCUT2D eigenvalue weighted by Crippen LogP contribution is 2.62. The highest BCUT2D eigenvalue weighted by atomic mass is 16.7. The second kappa shape index (κ2) is 15.7. The van der Waals surface area contributed by atoms with E-state index in [4.69, 9.17) is 9.47 Å². The molecule has 2 aliphatic heterocycles. The molecule has 0 aromatic heterocycles. The molecule has 5 fully saturated rings. The van der Waals surface area contributed by atoms with E-state index in [-0.39, 0.29) is 49.3 Å². The van der Waals surface area contributed by atoms with Crippen molar-refractivity contribution in [3.63, 3.8) is 0 Å². The SMILES string of the molecule is CCN[C@@H]1CC[C@H](CC)C[C@H]1COC(=O)[C@]12O[C@@]1(CC(CO)=C(C)CCC1CCNC(NCNC)C1)C(=O)C1CCCCC1C2=O. The van der Waals surface area contributed by atoms with Gasteiger partial charge in [0.25, 0.3) is 5.60 Å². The van der Waals surface area contributed by atoms with E-state index in [0.29, 0.717) is 30.3 Å². The quantitative estimate of drug-likeness (QED) is 0.0593. The number of esters is 1. The van der Waals surface area contributed by atoms with Crippen molar-refractivity contribution in [3.8, 4) is 0 Å². The summed E-state index contributed by atoms with van der Waals surface area (Å²) in [7, 11) is 1.92. The Morgan fingerprint density at radius 1 is 1.02 bits per heavy atom. The summed E-state index contributed by atoms with van der Waals surface area (Å²) in [5.41, 5.74) is -1.75. The first kappa shape index (κ1) is 35.6. The second-order valence-electron chi connectivity index (χ2n) is 14.8. The molecular formula is C36H60N4O6. The molecule has 10 nitrogen and oxygen atoms in total. The molecule has 0 bridgehead atoms. The molecule has 4 unspecified atom stereocenters. The first-order valence-corrected chi connectivity index (χ1v) is 18.3. The number of epoxide rings is 1. The zero-order valence-corrected chi connectivity index (χ0v) is 28.8. The summed E-state index contributed by atoms with van der Waals surface area (Å²) in [6, 6.07) is 0.260. The highest BCUT2D eigenvalue weighted by Gasteiger charge is 2.87. The minimum absolute atomic E-state index is 0.0676. The van der Waals surface area contributed by atoms with Gasteiger partial charge in [-0.25, -0.2) is 4.79 Å². The lowest BCUT2D eigenvalue weighted by Crippen LogP contribution is -2.58. The van der Waals surface area contributed by atoms with Crippen LogP contribution in [0.5, 0.6) is 0 Å². The molecule has 9 atom stereocenters. The Labute approximate surface area is 275 Å². The van der Waals surface area contributed by atoms with E-state index in [1.807, 2.05) is 14.0 Å². The third-order valence-corrected chi connectivity index (χ3v) is 12.1. The molecule has 2 heterocycles. The average Bonchev–Trinajstić information content (AvgIpc) is 3.79. The zero-order valence-electron chi connectivity index (χ0n) is 28.8. The lowest BCUT2D eigenvalue weighted by molar-refractivity contribution is -0.160. The molecular weight excluding hydrogens is 584 g/mol. The van der Waals surface area contributed by atoms with E-state index < -0.39 is 29.0 Å². The normalized spacial score (nSPS) is 38.1. The van der Waals surface area contributed by atoms with Crippen LogP contribution in [0.2, 0.25) is 0 Å². The minimum Gasteiger partial charge on any atom is -0.463 e. The van der Waals surface area contributed by atoms with Crippen LogP contribution in [-0.4, -0.2) is 86.1 Å². The summed E-state index contributed by atoms with van der Waals surface area (Å²) in [6.07, 6.45) is 11.5. The predicted octanol–water partition coefficient (Wildman–Crippen LogP) is 3.37. The monoisotopic (exact) mass is 644 g/mol. The number of carbonyl (C=O) groups excluding carboxylic acids is 3. The van der Waals surface area contributed by atoms with Crippen LogP contribution >= 0.6 is 0 Å². The van der Waals surface area contributed by atoms with Gasteiger partial charge in [0.2, 0.25) is 0 Å². The zero-order chi connectivity index (χ0) is 32.9. The van der Waals surface area contributed by atoms with Crippen LogP contribution in [0.15, 0.2) is 11.1 Å². The van der Waals surface area contributed by atoms with Gasteiger partial charge in [-0.1, -0.05) is 38.7 Å². The van der Waals surface area contributed by atoms with Gasteiger partial charge in [0.15, 0.2) is 17.2 Å². The maximum Gasteiger partial charge on any atom is 0.350 e. The lowest BCUT2D eigenvalue weighted by atomic mass is 9.60. The number of hydrogen-bond donors (Lipinski definition) is 5. The number of ketones is 2. The number of ether oxygens (including phenoxy) is 2. The first-order chi connectivity index (χ1) is 22.2. The van der Waals surface area contributed by atoms with Crippen molar-refractivity contribution >= 4 is 17.5 Å². The van der Waals surface area contributed by atoms with E-state index in [9.17, 15) is 19.5 Å². The van der Waals surface area contributed by atoms with Gasteiger partial charge in [-0.15, -0.1) is 0 Å². The Morgan fingerprint density at radius 2 is 1.78 bits per heavy atom. The standard InChI is InChI=1S/C36H60N4O6/c1-5-24-13-14-30(38-6-2)26(17-24)21-45-34(44)36-33(43)29-10-8-7-9-28(29)32(42)35(36,46-36)19-27(20-41)23(3)11-12-25-15-16-39-31(18-25)40-22-37-4/h24-26,28-31,37-41H,5-22H2,1-4H3/t24-,25?,26-,28?,29?,30+,31?,35-,36-/m0/s1. The molecule has 0 spiro atoms. The van der Waals surface area contributed by atoms with Gasteiger partial charge in [0, 0.05) is 36.9 Å². The fourth-order valence-electron chi connectivity index (χ4n) is 9.19. The van der Waals surface area contributed by atoms with Gasteiger partial charge in [0.05, 0.1) is 19.4 Å². The number of aliphatic hydroxyl groups is 1. The van der Waals surface area contributed by atoms with Crippen molar-refractivity contribution in [2.24, 2.45) is 29.6 Å². The lowest BCUT2D eigenvalue weighted by Gasteiger charge is -2.38. The molecule has 3 saturated carbocycles. The third kappa shape index (κ3) is 7.03. The molecule has 2 saturated heterocycles. The summed E-state index contributed by atoms with van der Waals surface area (Å²) in [4.78, 5) is 42.6. The van der Waals surface area contributed by atoms with Crippen molar-refractivity contribution in [1.29, 1.82) is 0 Å². The third-order valence-electron chi connectivity index (χ3n) is 12.1. The van der Waals surface area contributed by atoms with Gasteiger partial charge in [0.1, 0.15) is 0 Å². The Morgan fingerprint density at radius 3 is 2.48 bits per heavy atom. The largest absolute Gasteiger partial charge is 0.463 e. The molecule has 46 heavy (non-hydrogen) atoms. The Kier molecular flexibility index (Phi) is 12.1. The molecule has 0 radical (unpaired) electrons. The predicted molar refractivity (Wildman–Crippen MR) is 177 cm³/mol. The topological polar surface area (TPSA) is 141 Å². The number of Topliss-reactive ketones (excluding diaryl/α,β-unsaturated/α-hetero) is 2. The van der Waals surface area contributed by atoms with E-state index in [1.165, 1.54) is 0 Å². The second-order valence-corrected chi connectivity index (χ2v) is 14.8. The van der Waals surface area contributed by atoms with Crippen LogP contribution in [0, 0.1) is 29.6 Å². The number of piperidine rings is 1. The van der Waals surface area contributed by atoms with Gasteiger partial charge >= 0.3 is 5.97 Å². The summed E-state index contributed by atoms with van der Waals surface area (Å²) in [5, 5.41) is 24.3. The van der Waals surface area contributed by atoms with Crippen molar-refractivity contribution in [1.82, 2.24) is 21.3 Å². The van der Waals surface area contributed by atoms with Gasteiger partial charge in [-0.2, -0.15) is 0 Å². The summed E-state index contributed by atoms with van der Waals surface area (Å²) < 4.78 is 12.3. The van der Waals surface area contributed by atoms with Gasteiger partial charge < -0.3 is 30.5 Å². The molecule has 5 N–H and O–H groups in total. The molecule has 10 heteroatoms. The highest BCUT2D eigenvalue weighted by molar-refractivity contribution is 6.23. The van der Waals surface area contributed by atoms with Crippen molar-refractivity contribution in [2.45, 2.75) is 128 Å². The number of rotatable bonds is 15. The van der Waals surface area contributed by atoms with Crippen LogP contribution in [0.1, 0.15) is 104 Å². The van der Waals surface area contributed by atoms with Gasteiger partial charge in [-0.3, -0.25) is 14.9 Å². The Bertz CT molecular complexity index is 1130. The molecule has 0 aromatic carbocycles. The van der Waals surface area contributed by atoms with Crippen LogP contribution < -0.4 is 21.3 Å². The van der Waals surface area contributed by atoms with Crippen LogP contribution in [-0.2, 0) is 23.9 Å². The maximum atomic E-state index is 14.3. The molecule has 3 aliphatic carbocycles. The van der Waals surface area contributed by atoms with E-state index >= 15 is 0 Å². The van der Waals surface area contributed by atoms with E-state index in [0.717, 1.165) is 89.5 Å². The van der Waals surface area contributed by atoms with Gasteiger partial charge in [-0.05, 0) is 102 Å². The fourth-order valence-corrected chi connectivity index (χ4v) is 9.19. The fraction of sp³-hybridized carbons (Fsp3) is 0.861. The summed E-state index contributed by atoms with van der Waals surface area (Å²) >= 11 is 0. The van der Waals surface area contributed by atoms with Crippen LogP contribution in [0.3, 0.4) is 0 Å². The molecule has 260 valence electrons. The molecule has 0 amide bonds. The Balaban J connectivity index is 1.33. The molecule has 5 rings (SSSR count). The van der Waals surface area contributed by atoms with E-state index in [1.54, 1.807) is 0 Å². The molecule has 0 aromatic rings. The number of carbonyl (C=O) groups is 3. The summed E-state index contributed by atoms with van der Waals surface area (Å²) in [5.74, 6) is -0.754.